The third kappa shape index (κ3) is 4.00. The van der Waals surface area contributed by atoms with E-state index in [9.17, 15) is 0 Å². The summed E-state index contributed by atoms with van der Waals surface area (Å²) in [5, 5.41) is 3.39. The lowest BCUT2D eigenvalue weighted by Crippen LogP contribution is -2.32. The highest BCUT2D eigenvalue weighted by Gasteiger charge is 2.20. The fourth-order valence-electron chi connectivity index (χ4n) is 2.42. The van der Waals surface area contributed by atoms with Crippen LogP contribution in [-0.4, -0.2) is 45.3 Å². The fourth-order valence-corrected chi connectivity index (χ4v) is 2.42. The molecule has 0 amide bonds. The maximum absolute atomic E-state index is 5.41. The zero-order valence-corrected chi connectivity index (χ0v) is 12.6. The molecule has 1 aromatic rings. The number of hydrogen-bond acceptors (Lipinski definition) is 4. The summed E-state index contributed by atoms with van der Waals surface area (Å²) in [7, 11) is 5.56. The van der Waals surface area contributed by atoms with E-state index in [1.165, 1.54) is 12.0 Å². The van der Waals surface area contributed by atoms with Crippen molar-refractivity contribution in [2.75, 3.05) is 34.4 Å². The van der Waals surface area contributed by atoms with Gasteiger partial charge in [-0.3, -0.25) is 4.90 Å². The summed E-state index contributed by atoms with van der Waals surface area (Å²) < 4.78 is 10.7. The number of benzene rings is 1. The molecule has 108 valence electrons. The number of methoxy groups -OCH3 is 2. The number of likely N-dealkylation sites (N-methyl/N-ethyl adjacent to an activating group) is 1. The molecular weight excluding hydrogens is 264 g/mol. The van der Waals surface area contributed by atoms with Crippen molar-refractivity contribution in [3.8, 4) is 11.5 Å². The van der Waals surface area contributed by atoms with Gasteiger partial charge in [0, 0.05) is 24.7 Å². The summed E-state index contributed by atoms with van der Waals surface area (Å²) in [4.78, 5) is 2.37. The largest absolute Gasteiger partial charge is 0.497 e. The first-order chi connectivity index (χ1) is 8.74. The van der Waals surface area contributed by atoms with Crippen molar-refractivity contribution in [2.45, 2.75) is 19.0 Å². The number of halogens is 1. The van der Waals surface area contributed by atoms with Gasteiger partial charge in [0.1, 0.15) is 11.5 Å². The summed E-state index contributed by atoms with van der Waals surface area (Å²) in [5.74, 6) is 1.80. The van der Waals surface area contributed by atoms with E-state index < -0.39 is 0 Å². The van der Waals surface area contributed by atoms with Crippen LogP contribution in [0.5, 0.6) is 11.5 Å². The lowest BCUT2D eigenvalue weighted by molar-refractivity contribution is 0.244. The zero-order valence-electron chi connectivity index (χ0n) is 11.8. The molecule has 2 rings (SSSR count). The normalized spacial score (nSPS) is 18.2. The highest BCUT2D eigenvalue weighted by atomic mass is 35.5. The minimum atomic E-state index is 0. The molecule has 1 fully saturated rings. The topological polar surface area (TPSA) is 33.7 Å². The monoisotopic (exact) mass is 286 g/mol. The van der Waals surface area contributed by atoms with E-state index in [2.05, 4.69) is 23.3 Å². The van der Waals surface area contributed by atoms with Gasteiger partial charge in [0.15, 0.2) is 0 Å². The summed E-state index contributed by atoms with van der Waals surface area (Å²) in [5.41, 5.74) is 1.17. The van der Waals surface area contributed by atoms with Gasteiger partial charge in [-0.15, -0.1) is 12.4 Å². The van der Waals surface area contributed by atoms with Gasteiger partial charge < -0.3 is 14.8 Å². The van der Waals surface area contributed by atoms with E-state index in [1.54, 1.807) is 14.2 Å². The first kappa shape index (κ1) is 16.1. The lowest BCUT2D eigenvalue weighted by atomic mass is 10.1. The second-order valence-electron chi connectivity index (χ2n) is 4.74. The summed E-state index contributed by atoms with van der Waals surface area (Å²) in [6, 6.07) is 6.56. The first-order valence-corrected chi connectivity index (χ1v) is 6.36. The Bertz CT molecular complexity index is 395. The van der Waals surface area contributed by atoms with Crippen molar-refractivity contribution in [3.05, 3.63) is 23.8 Å². The molecule has 19 heavy (non-hydrogen) atoms. The van der Waals surface area contributed by atoms with Crippen LogP contribution in [-0.2, 0) is 6.54 Å². The van der Waals surface area contributed by atoms with Crippen molar-refractivity contribution < 1.29 is 9.47 Å². The van der Waals surface area contributed by atoms with E-state index in [4.69, 9.17) is 9.47 Å². The van der Waals surface area contributed by atoms with Crippen molar-refractivity contribution in [2.24, 2.45) is 0 Å². The molecule has 1 N–H and O–H groups in total. The van der Waals surface area contributed by atoms with Crippen molar-refractivity contribution in [3.63, 3.8) is 0 Å². The highest BCUT2D eigenvalue weighted by Crippen LogP contribution is 2.25. The molecule has 1 aromatic carbocycles. The molecule has 1 aliphatic rings. The summed E-state index contributed by atoms with van der Waals surface area (Å²) in [6.45, 7) is 3.07. The van der Waals surface area contributed by atoms with Crippen LogP contribution < -0.4 is 14.8 Å². The molecule has 1 atom stereocenters. The Morgan fingerprint density at radius 1 is 1.32 bits per heavy atom. The van der Waals surface area contributed by atoms with Gasteiger partial charge in [-0.2, -0.15) is 0 Å². The van der Waals surface area contributed by atoms with E-state index in [-0.39, 0.29) is 12.4 Å². The Balaban J connectivity index is 0.00000180. The smallest absolute Gasteiger partial charge is 0.123 e. The second kappa shape index (κ2) is 7.58. The third-order valence-corrected chi connectivity index (χ3v) is 3.56. The minimum Gasteiger partial charge on any atom is -0.497 e. The summed E-state index contributed by atoms with van der Waals surface area (Å²) in [6.07, 6.45) is 1.21. The Labute approximate surface area is 121 Å². The maximum Gasteiger partial charge on any atom is 0.123 e. The standard InChI is InChI=1S/C14H22N2O2.ClH/c1-16(12-6-7-15-9-12)10-11-8-13(17-2)4-5-14(11)18-3;/h4-5,8,12,15H,6-7,9-10H2,1-3H3;1H. The number of rotatable bonds is 5. The Morgan fingerprint density at radius 2 is 2.11 bits per heavy atom. The van der Waals surface area contributed by atoms with Gasteiger partial charge in [-0.05, 0) is 38.2 Å². The van der Waals surface area contributed by atoms with Gasteiger partial charge >= 0.3 is 0 Å². The molecule has 1 aliphatic heterocycles. The molecule has 0 aromatic heterocycles. The average molecular weight is 287 g/mol. The Kier molecular flexibility index (Phi) is 6.42. The molecule has 0 bridgehead atoms. The molecule has 0 saturated carbocycles. The quantitative estimate of drug-likeness (QED) is 0.897. The lowest BCUT2D eigenvalue weighted by Gasteiger charge is -2.24. The number of ether oxygens (including phenoxy) is 2. The number of hydrogen-bond donors (Lipinski definition) is 1. The summed E-state index contributed by atoms with van der Waals surface area (Å²) >= 11 is 0. The minimum absolute atomic E-state index is 0. The van der Waals surface area contributed by atoms with Crippen LogP contribution in [0.15, 0.2) is 18.2 Å². The first-order valence-electron chi connectivity index (χ1n) is 6.36. The van der Waals surface area contributed by atoms with Crippen molar-refractivity contribution in [1.29, 1.82) is 0 Å². The Hall–Kier alpha value is -0.970. The molecule has 0 aliphatic carbocycles. The SMILES string of the molecule is COc1ccc(OC)c(CN(C)C2CCNC2)c1.Cl. The van der Waals surface area contributed by atoms with Gasteiger partial charge in [-0.1, -0.05) is 0 Å². The highest BCUT2D eigenvalue weighted by molar-refractivity contribution is 5.85. The molecule has 0 spiro atoms. The van der Waals surface area contributed by atoms with Crippen LogP contribution in [0.3, 0.4) is 0 Å². The molecule has 0 radical (unpaired) electrons. The zero-order chi connectivity index (χ0) is 13.0. The molecular formula is C14H23ClN2O2. The third-order valence-electron chi connectivity index (χ3n) is 3.56. The predicted molar refractivity (Wildman–Crippen MR) is 79.5 cm³/mol. The Morgan fingerprint density at radius 3 is 2.68 bits per heavy atom. The number of nitrogens with one attached hydrogen (secondary N) is 1. The van der Waals surface area contributed by atoms with Crippen LogP contribution in [0.1, 0.15) is 12.0 Å². The molecule has 5 heteroatoms. The van der Waals surface area contributed by atoms with Crippen LogP contribution in [0.4, 0.5) is 0 Å². The predicted octanol–water partition coefficient (Wildman–Crippen LogP) is 1.92. The molecule has 1 unspecified atom stereocenters. The van der Waals surface area contributed by atoms with Gasteiger partial charge in [0.2, 0.25) is 0 Å². The van der Waals surface area contributed by atoms with Gasteiger partial charge in [-0.25, -0.2) is 0 Å². The van der Waals surface area contributed by atoms with Gasteiger partial charge in [0.25, 0.3) is 0 Å². The van der Waals surface area contributed by atoms with E-state index in [0.717, 1.165) is 31.1 Å². The maximum atomic E-state index is 5.41. The van der Waals surface area contributed by atoms with Gasteiger partial charge in [0.05, 0.1) is 14.2 Å². The molecule has 1 saturated heterocycles. The van der Waals surface area contributed by atoms with Crippen LogP contribution in [0, 0.1) is 0 Å². The van der Waals surface area contributed by atoms with E-state index in [1.807, 2.05) is 12.1 Å². The average Bonchev–Trinajstić information content (AvgIpc) is 2.92. The van der Waals surface area contributed by atoms with E-state index in [0.29, 0.717) is 6.04 Å². The van der Waals surface area contributed by atoms with Crippen LogP contribution >= 0.6 is 12.4 Å². The molecule has 1 heterocycles. The van der Waals surface area contributed by atoms with Crippen LogP contribution in [0.25, 0.3) is 0 Å². The van der Waals surface area contributed by atoms with Crippen molar-refractivity contribution >= 4 is 12.4 Å². The fraction of sp³-hybridized carbons (Fsp3) is 0.571. The number of nitrogens with zero attached hydrogens (tertiary/aromatic N) is 1. The van der Waals surface area contributed by atoms with Crippen molar-refractivity contribution in [1.82, 2.24) is 10.2 Å². The van der Waals surface area contributed by atoms with Crippen LogP contribution in [0.2, 0.25) is 0 Å². The van der Waals surface area contributed by atoms with E-state index >= 15 is 0 Å². The molecule has 4 nitrogen and oxygen atoms in total. The second-order valence-corrected chi connectivity index (χ2v) is 4.74.